The Labute approximate surface area is 115 Å². The smallest absolute Gasteiger partial charge is 0.188 e. The highest BCUT2D eigenvalue weighted by molar-refractivity contribution is 5.96. The summed E-state index contributed by atoms with van der Waals surface area (Å²) in [6.45, 7) is -0.0693. The van der Waals surface area contributed by atoms with E-state index in [9.17, 15) is 13.6 Å². The van der Waals surface area contributed by atoms with Crippen LogP contribution in [-0.4, -0.2) is 15.3 Å². The summed E-state index contributed by atoms with van der Waals surface area (Å²) in [5, 5.41) is 0. The summed E-state index contributed by atoms with van der Waals surface area (Å²) in [6.07, 6.45) is 5.51. The van der Waals surface area contributed by atoms with Crippen LogP contribution in [0.15, 0.2) is 24.5 Å². The molecule has 0 unspecified atom stereocenters. The molecule has 0 radical (unpaired) electrons. The molecule has 0 spiro atoms. The zero-order valence-electron chi connectivity index (χ0n) is 10.9. The Morgan fingerprint density at radius 3 is 2.65 bits per heavy atom. The largest absolute Gasteiger partial charge is 0.327 e. The van der Waals surface area contributed by atoms with Crippen molar-refractivity contribution in [3.05, 3.63) is 53.1 Å². The van der Waals surface area contributed by atoms with E-state index in [0.29, 0.717) is 0 Å². The number of nitrogens with zero attached hydrogens (tertiary/aromatic N) is 2. The van der Waals surface area contributed by atoms with E-state index in [4.69, 9.17) is 0 Å². The van der Waals surface area contributed by atoms with Crippen LogP contribution in [0.1, 0.15) is 34.6 Å². The first kappa shape index (κ1) is 13.0. The van der Waals surface area contributed by atoms with Gasteiger partial charge in [0, 0.05) is 5.69 Å². The zero-order valence-corrected chi connectivity index (χ0v) is 10.9. The molecule has 2 aromatic rings. The Morgan fingerprint density at radius 1 is 1.20 bits per heavy atom. The maximum atomic E-state index is 13.6. The summed E-state index contributed by atoms with van der Waals surface area (Å²) in [5.41, 5.74) is 1.55. The Hall–Kier alpha value is -2.04. The number of fused-ring (bicyclic) bond motifs is 1. The number of hydrogen-bond acceptors (Lipinski definition) is 2. The number of benzene rings is 1. The van der Waals surface area contributed by atoms with Crippen molar-refractivity contribution in [2.45, 2.75) is 32.2 Å². The highest BCUT2D eigenvalue weighted by Gasteiger charge is 2.20. The fraction of sp³-hybridized carbons (Fsp3) is 0.333. The van der Waals surface area contributed by atoms with Gasteiger partial charge >= 0.3 is 0 Å². The molecule has 5 heteroatoms. The standard InChI is InChI=1S/C15H14F2N2O/c16-10-4-3-5-11(17)15(10)14(20)8-19-9-18-12-6-1-2-7-13(12)19/h3-5,9H,1-2,6-8H2. The van der Waals surface area contributed by atoms with Crippen LogP contribution in [-0.2, 0) is 19.4 Å². The Kier molecular flexibility index (Phi) is 3.34. The van der Waals surface area contributed by atoms with Gasteiger partial charge in [0.2, 0.25) is 0 Å². The Morgan fingerprint density at radius 2 is 1.90 bits per heavy atom. The summed E-state index contributed by atoms with van der Waals surface area (Å²) in [4.78, 5) is 16.4. The van der Waals surface area contributed by atoms with Crippen LogP contribution in [0.4, 0.5) is 8.78 Å². The molecular formula is C15H14F2N2O. The lowest BCUT2D eigenvalue weighted by atomic mass is 10.0. The third-order valence-electron chi connectivity index (χ3n) is 3.67. The first-order valence-electron chi connectivity index (χ1n) is 6.67. The van der Waals surface area contributed by atoms with E-state index in [1.807, 2.05) is 0 Å². The van der Waals surface area contributed by atoms with Gasteiger partial charge in [0.25, 0.3) is 0 Å². The summed E-state index contributed by atoms with van der Waals surface area (Å²) in [7, 11) is 0. The normalized spacial score (nSPS) is 14.1. The van der Waals surface area contributed by atoms with Crippen molar-refractivity contribution >= 4 is 5.78 Å². The van der Waals surface area contributed by atoms with Crippen molar-refractivity contribution in [3.63, 3.8) is 0 Å². The van der Waals surface area contributed by atoms with Crippen LogP contribution in [0.25, 0.3) is 0 Å². The molecule has 0 N–H and O–H groups in total. The predicted molar refractivity (Wildman–Crippen MR) is 69.6 cm³/mol. The molecule has 1 aliphatic rings. The summed E-state index contributed by atoms with van der Waals surface area (Å²) < 4.78 is 28.9. The minimum absolute atomic E-state index is 0.0693. The van der Waals surface area contributed by atoms with Gasteiger partial charge in [0.15, 0.2) is 5.78 Å². The van der Waals surface area contributed by atoms with E-state index in [0.717, 1.165) is 49.2 Å². The molecule has 3 nitrogen and oxygen atoms in total. The van der Waals surface area contributed by atoms with E-state index in [1.165, 1.54) is 6.07 Å². The van der Waals surface area contributed by atoms with Gasteiger partial charge in [0.1, 0.15) is 11.6 Å². The molecule has 0 bridgehead atoms. The summed E-state index contributed by atoms with van der Waals surface area (Å²) >= 11 is 0. The van der Waals surface area contributed by atoms with E-state index in [1.54, 1.807) is 10.9 Å². The number of ketones is 1. The maximum Gasteiger partial charge on any atom is 0.188 e. The van der Waals surface area contributed by atoms with Crippen LogP contribution in [0.2, 0.25) is 0 Å². The average Bonchev–Trinajstić information content (AvgIpc) is 2.82. The van der Waals surface area contributed by atoms with E-state index in [2.05, 4.69) is 4.98 Å². The number of carbonyl (C=O) groups excluding carboxylic acids is 1. The number of hydrogen-bond donors (Lipinski definition) is 0. The van der Waals surface area contributed by atoms with Gasteiger partial charge in [-0.3, -0.25) is 4.79 Å². The first-order valence-corrected chi connectivity index (χ1v) is 6.67. The molecule has 0 fully saturated rings. The molecule has 0 amide bonds. The highest BCUT2D eigenvalue weighted by Crippen LogP contribution is 2.21. The lowest BCUT2D eigenvalue weighted by Gasteiger charge is -2.13. The van der Waals surface area contributed by atoms with Crippen LogP contribution >= 0.6 is 0 Å². The third-order valence-corrected chi connectivity index (χ3v) is 3.67. The van der Waals surface area contributed by atoms with Crippen LogP contribution in [0.3, 0.4) is 0 Å². The van der Waals surface area contributed by atoms with Crippen molar-refractivity contribution in [1.29, 1.82) is 0 Å². The lowest BCUT2D eigenvalue weighted by Crippen LogP contribution is -2.16. The molecule has 0 saturated heterocycles. The number of aryl methyl sites for hydroxylation is 1. The van der Waals surface area contributed by atoms with Crippen molar-refractivity contribution in [1.82, 2.24) is 9.55 Å². The summed E-state index contributed by atoms with van der Waals surface area (Å²) in [5.74, 6) is -2.20. The molecule has 104 valence electrons. The van der Waals surface area contributed by atoms with Crippen LogP contribution in [0.5, 0.6) is 0 Å². The van der Waals surface area contributed by atoms with Gasteiger partial charge in [0.05, 0.1) is 24.1 Å². The second-order valence-electron chi connectivity index (χ2n) is 4.99. The second-order valence-corrected chi connectivity index (χ2v) is 4.99. The molecule has 1 aliphatic carbocycles. The number of imidazole rings is 1. The maximum absolute atomic E-state index is 13.6. The fourth-order valence-corrected chi connectivity index (χ4v) is 2.67. The molecule has 1 heterocycles. The molecule has 0 saturated carbocycles. The van der Waals surface area contributed by atoms with Gasteiger partial charge in [-0.2, -0.15) is 0 Å². The van der Waals surface area contributed by atoms with E-state index in [-0.39, 0.29) is 6.54 Å². The van der Waals surface area contributed by atoms with Crippen molar-refractivity contribution in [2.75, 3.05) is 0 Å². The monoisotopic (exact) mass is 276 g/mol. The van der Waals surface area contributed by atoms with E-state index >= 15 is 0 Å². The average molecular weight is 276 g/mol. The number of aromatic nitrogens is 2. The molecular weight excluding hydrogens is 262 g/mol. The van der Waals surface area contributed by atoms with Gasteiger partial charge in [-0.05, 0) is 37.8 Å². The predicted octanol–water partition coefficient (Wildman–Crippen LogP) is 2.92. The molecule has 0 aliphatic heterocycles. The molecule has 3 rings (SSSR count). The summed E-state index contributed by atoms with van der Waals surface area (Å²) in [6, 6.07) is 3.44. The van der Waals surface area contributed by atoms with Gasteiger partial charge < -0.3 is 4.57 Å². The minimum atomic E-state index is -0.816. The third kappa shape index (κ3) is 2.24. The molecule has 0 atom stereocenters. The van der Waals surface area contributed by atoms with Gasteiger partial charge in [-0.15, -0.1) is 0 Å². The molecule has 20 heavy (non-hydrogen) atoms. The zero-order chi connectivity index (χ0) is 14.1. The SMILES string of the molecule is O=C(Cn1cnc2c1CCCC2)c1c(F)cccc1F. The number of halogens is 2. The first-order chi connectivity index (χ1) is 9.66. The quantitative estimate of drug-likeness (QED) is 0.808. The molecule has 1 aromatic carbocycles. The highest BCUT2D eigenvalue weighted by atomic mass is 19.1. The number of Topliss-reactive ketones (excluding diaryl/α,β-unsaturated/α-hetero) is 1. The fourth-order valence-electron chi connectivity index (χ4n) is 2.67. The van der Waals surface area contributed by atoms with E-state index < -0.39 is 23.0 Å². The van der Waals surface area contributed by atoms with Crippen LogP contribution < -0.4 is 0 Å². The Bertz CT molecular complexity index is 644. The Balaban J connectivity index is 1.88. The topological polar surface area (TPSA) is 34.9 Å². The van der Waals surface area contributed by atoms with Gasteiger partial charge in [-0.1, -0.05) is 6.07 Å². The van der Waals surface area contributed by atoms with Crippen molar-refractivity contribution in [3.8, 4) is 0 Å². The van der Waals surface area contributed by atoms with Crippen molar-refractivity contribution < 1.29 is 13.6 Å². The van der Waals surface area contributed by atoms with Crippen LogP contribution in [0, 0.1) is 11.6 Å². The second kappa shape index (κ2) is 5.15. The lowest BCUT2D eigenvalue weighted by molar-refractivity contribution is 0.0962. The van der Waals surface area contributed by atoms with Crippen molar-refractivity contribution in [2.24, 2.45) is 0 Å². The minimum Gasteiger partial charge on any atom is -0.327 e. The molecule has 1 aromatic heterocycles. The van der Waals surface area contributed by atoms with Gasteiger partial charge in [-0.25, -0.2) is 13.8 Å². The number of rotatable bonds is 3. The number of carbonyl (C=O) groups is 1.